The number of carbonyl (C=O) groups is 1. The Morgan fingerprint density at radius 2 is 2.00 bits per heavy atom. The maximum Gasteiger partial charge on any atom is 0.327 e. The number of aliphatic carboxylic acids is 1. The lowest BCUT2D eigenvalue weighted by Gasteiger charge is -2.21. The van der Waals surface area contributed by atoms with Crippen LogP contribution in [0.4, 0.5) is 8.78 Å². The van der Waals surface area contributed by atoms with Crippen molar-refractivity contribution in [3.63, 3.8) is 0 Å². The van der Waals surface area contributed by atoms with E-state index >= 15 is 0 Å². The van der Waals surface area contributed by atoms with Gasteiger partial charge >= 0.3 is 5.97 Å². The molecular weight excluding hydrogens is 282 g/mol. The minimum Gasteiger partial charge on any atom is -0.480 e. The number of hydrogen-bond donors (Lipinski definition) is 1. The Morgan fingerprint density at radius 3 is 2.52 bits per heavy atom. The highest BCUT2D eigenvalue weighted by molar-refractivity contribution is 5.80. The van der Waals surface area contributed by atoms with Gasteiger partial charge in [0.1, 0.15) is 18.5 Å². The van der Waals surface area contributed by atoms with E-state index in [1.165, 1.54) is 11.7 Å². The molecule has 0 spiro atoms. The molecule has 1 aromatic carbocycles. The Labute approximate surface area is 120 Å². The third-order valence-corrected chi connectivity index (χ3v) is 3.24. The Kier molecular flexibility index (Phi) is 4.22. The highest BCUT2D eigenvalue weighted by atomic mass is 19.2. The number of hydrogen-bond acceptors (Lipinski definition) is 3. The number of aromatic nitrogens is 2. The summed E-state index contributed by atoms with van der Waals surface area (Å²) in [7, 11) is 1.44. The first-order valence-electron chi connectivity index (χ1n) is 6.44. The molecule has 0 fully saturated rings. The molecule has 1 unspecified atom stereocenters. The van der Waals surface area contributed by atoms with E-state index in [1.54, 1.807) is 13.8 Å². The lowest BCUT2D eigenvalue weighted by Crippen LogP contribution is -2.26. The summed E-state index contributed by atoms with van der Waals surface area (Å²) in [4.78, 5) is 15.7. The van der Waals surface area contributed by atoms with Gasteiger partial charge in [-0.05, 0) is 5.92 Å². The van der Waals surface area contributed by atoms with Crippen molar-refractivity contribution in [2.24, 2.45) is 5.92 Å². The number of ether oxygens (including phenoxy) is 1. The fourth-order valence-corrected chi connectivity index (χ4v) is 2.38. The van der Waals surface area contributed by atoms with Crippen molar-refractivity contribution in [2.45, 2.75) is 26.5 Å². The summed E-state index contributed by atoms with van der Waals surface area (Å²) in [5.41, 5.74) is 0.440. The molecule has 2 aromatic rings. The number of benzene rings is 1. The van der Waals surface area contributed by atoms with Crippen LogP contribution in [0.25, 0.3) is 11.0 Å². The zero-order valence-electron chi connectivity index (χ0n) is 11.9. The van der Waals surface area contributed by atoms with E-state index in [4.69, 9.17) is 4.74 Å². The third kappa shape index (κ3) is 2.73. The molecule has 0 aliphatic rings. The Balaban J connectivity index is 2.76. The second-order valence-corrected chi connectivity index (χ2v) is 5.11. The molecule has 0 aliphatic heterocycles. The Hall–Kier alpha value is -2.02. The molecule has 5 nitrogen and oxygen atoms in total. The van der Waals surface area contributed by atoms with Gasteiger partial charge in [0.05, 0.1) is 11.0 Å². The maximum absolute atomic E-state index is 13.5. The van der Waals surface area contributed by atoms with E-state index in [0.717, 1.165) is 12.1 Å². The number of rotatable bonds is 5. The summed E-state index contributed by atoms with van der Waals surface area (Å²) < 4.78 is 33.2. The van der Waals surface area contributed by atoms with Crippen molar-refractivity contribution >= 4 is 17.0 Å². The molecule has 1 aromatic heterocycles. The third-order valence-electron chi connectivity index (χ3n) is 3.24. The molecule has 0 saturated carbocycles. The van der Waals surface area contributed by atoms with Crippen molar-refractivity contribution in [3.05, 3.63) is 29.6 Å². The van der Waals surface area contributed by atoms with Gasteiger partial charge in [-0.2, -0.15) is 0 Å². The summed E-state index contributed by atoms with van der Waals surface area (Å²) in [6, 6.07) is 0.986. The fourth-order valence-electron chi connectivity index (χ4n) is 2.38. The van der Waals surface area contributed by atoms with Crippen LogP contribution >= 0.6 is 0 Å². The van der Waals surface area contributed by atoms with Crippen molar-refractivity contribution in [2.75, 3.05) is 7.11 Å². The van der Waals surface area contributed by atoms with E-state index in [2.05, 4.69) is 4.98 Å². The molecule has 0 amide bonds. The number of fused-ring (bicyclic) bond motifs is 1. The number of halogens is 2. The van der Waals surface area contributed by atoms with Gasteiger partial charge in [-0.3, -0.25) is 0 Å². The monoisotopic (exact) mass is 298 g/mol. The molecule has 1 heterocycles. The molecule has 0 saturated heterocycles. The molecular formula is C14H16F2N2O3. The largest absolute Gasteiger partial charge is 0.480 e. The standard InChI is InChI=1S/C14H16F2N2O3/c1-7(2)13(14(19)20)18-11-5-9(16)8(15)4-10(11)17-12(18)6-21-3/h4-5,7,13H,6H2,1-3H3,(H,19,20). The van der Waals surface area contributed by atoms with Crippen LogP contribution in [0.1, 0.15) is 25.7 Å². The van der Waals surface area contributed by atoms with Crippen LogP contribution < -0.4 is 0 Å². The lowest BCUT2D eigenvalue weighted by molar-refractivity contribution is -0.142. The van der Waals surface area contributed by atoms with Gasteiger partial charge in [-0.1, -0.05) is 13.8 Å². The van der Waals surface area contributed by atoms with E-state index in [1.807, 2.05) is 0 Å². The van der Waals surface area contributed by atoms with Crippen molar-refractivity contribution in [1.82, 2.24) is 9.55 Å². The molecule has 1 N–H and O–H groups in total. The molecule has 2 rings (SSSR count). The minimum atomic E-state index is -1.06. The molecule has 0 radical (unpaired) electrons. The van der Waals surface area contributed by atoms with Gasteiger partial charge in [0, 0.05) is 19.2 Å². The van der Waals surface area contributed by atoms with Crippen LogP contribution in [0.5, 0.6) is 0 Å². The molecule has 114 valence electrons. The number of carboxylic acids is 1. The summed E-state index contributed by atoms with van der Waals surface area (Å²) in [5.74, 6) is -3.07. The van der Waals surface area contributed by atoms with Crippen molar-refractivity contribution in [1.29, 1.82) is 0 Å². The van der Waals surface area contributed by atoms with Crippen LogP contribution in [0.3, 0.4) is 0 Å². The quantitative estimate of drug-likeness (QED) is 0.922. The second-order valence-electron chi connectivity index (χ2n) is 5.11. The minimum absolute atomic E-state index is 0.0500. The summed E-state index contributed by atoms with van der Waals surface area (Å²) in [6.45, 7) is 3.52. The summed E-state index contributed by atoms with van der Waals surface area (Å²) >= 11 is 0. The predicted molar refractivity (Wildman–Crippen MR) is 71.9 cm³/mol. The second kappa shape index (κ2) is 5.77. The topological polar surface area (TPSA) is 64.4 Å². The zero-order chi connectivity index (χ0) is 15.7. The van der Waals surface area contributed by atoms with Crippen LogP contribution in [0.2, 0.25) is 0 Å². The first-order chi connectivity index (χ1) is 9.86. The lowest BCUT2D eigenvalue weighted by atomic mass is 10.0. The number of nitrogens with zero attached hydrogens (tertiary/aromatic N) is 2. The van der Waals surface area contributed by atoms with Gasteiger partial charge in [-0.15, -0.1) is 0 Å². The van der Waals surface area contributed by atoms with E-state index < -0.39 is 23.6 Å². The van der Waals surface area contributed by atoms with Crippen molar-refractivity contribution in [3.8, 4) is 0 Å². The Morgan fingerprint density at radius 1 is 1.38 bits per heavy atom. The highest BCUT2D eigenvalue weighted by Gasteiger charge is 2.28. The van der Waals surface area contributed by atoms with Crippen LogP contribution in [0, 0.1) is 17.6 Å². The molecule has 7 heteroatoms. The zero-order valence-corrected chi connectivity index (χ0v) is 11.9. The number of methoxy groups -OCH3 is 1. The van der Waals surface area contributed by atoms with Gasteiger partial charge in [-0.25, -0.2) is 18.6 Å². The maximum atomic E-state index is 13.5. The van der Waals surface area contributed by atoms with E-state index in [-0.39, 0.29) is 23.6 Å². The molecule has 0 bridgehead atoms. The van der Waals surface area contributed by atoms with Crippen LogP contribution in [-0.4, -0.2) is 27.7 Å². The fraction of sp³-hybridized carbons (Fsp3) is 0.429. The van der Waals surface area contributed by atoms with Crippen LogP contribution in [-0.2, 0) is 16.1 Å². The number of carboxylic acid groups (broad SMARTS) is 1. The van der Waals surface area contributed by atoms with Crippen molar-refractivity contribution < 1.29 is 23.4 Å². The average molecular weight is 298 g/mol. The van der Waals surface area contributed by atoms with Gasteiger partial charge < -0.3 is 14.4 Å². The Bertz CT molecular complexity index is 682. The van der Waals surface area contributed by atoms with Gasteiger partial charge in [0.15, 0.2) is 11.6 Å². The van der Waals surface area contributed by atoms with Crippen LogP contribution in [0.15, 0.2) is 12.1 Å². The first-order valence-corrected chi connectivity index (χ1v) is 6.44. The van der Waals surface area contributed by atoms with Gasteiger partial charge in [0.2, 0.25) is 0 Å². The highest BCUT2D eigenvalue weighted by Crippen LogP contribution is 2.28. The smallest absolute Gasteiger partial charge is 0.327 e. The van der Waals surface area contributed by atoms with E-state index in [9.17, 15) is 18.7 Å². The van der Waals surface area contributed by atoms with E-state index in [0.29, 0.717) is 5.82 Å². The number of imidazole rings is 1. The molecule has 1 atom stereocenters. The molecule has 21 heavy (non-hydrogen) atoms. The normalized spacial score (nSPS) is 13.0. The molecule has 0 aliphatic carbocycles. The summed E-state index contributed by atoms with van der Waals surface area (Å²) in [6.07, 6.45) is 0. The predicted octanol–water partition coefficient (Wildman–Crippen LogP) is 2.74. The SMILES string of the molecule is COCc1nc2cc(F)c(F)cc2n1C(C(=O)O)C(C)C. The average Bonchev–Trinajstić information content (AvgIpc) is 2.68. The first kappa shape index (κ1) is 15.4. The van der Waals surface area contributed by atoms with Gasteiger partial charge in [0.25, 0.3) is 0 Å². The summed E-state index contributed by atoms with van der Waals surface area (Å²) in [5, 5.41) is 9.43.